The zero-order valence-corrected chi connectivity index (χ0v) is 13.2. The van der Waals surface area contributed by atoms with E-state index in [9.17, 15) is 9.59 Å². The molecule has 0 fully saturated rings. The molecule has 0 unspecified atom stereocenters. The lowest BCUT2D eigenvalue weighted by Gasteiger charge is -2.19. The van der Waals surface area contributed by atoms with Crippen molar-refractivity contribution in [3.05, 3.63) is 30.3 Å². The Morgan fingerprint density at radius 3 is 2.88 bits per heavy atom. The number of hydrogen-bond acceptors (Lipinski definition) is 7. The number of carbonyl (C=O) groups is 2. The third kappa shape index (κ3) is 5.13. The van der Waals surface area contributed by atoms with Gasteiger partial charge in [-0.15, -0.1) is 0 Å². The molecule has 0 radical (unpaired) electrons. The fraction of sp³-hybridized carbons (Fsp3) is 0.400. The van der Waals surface area contributed by atoms with Crippen LogP contribution in [0.1, 0.15) is 12.3 Å². The minimum Gasteiger partial charge on any atom is -0.480 e. The second-order valence-electron chi connectivity index (χ2n) is 4.93. The minimum atomic E-state index is -1.07. The highest BCUT2D eigenvalue weighted by atomic mass is 16.5. The van der Waals surface area contributed by atoms with Gasteiger partial charge in [-0.05, 0) is 12.1 Å². The Balaban J connectivity index is 1.92. The molecule has 0 bridgehead atoms. The largest absolute Gasteiger partial charge is 0.480 e. The fourth-order valence-corrected chi connectivity index (χ4v) is 1.98. The molecule has 0 aliphatic rings. The zero-order chi connectivity index (χ0) is 17.4. The summed E-state index contributed by atoms with van der Waals surface area (Å²) in [6, 6.07) is 5.33. The molecule has 0 saturated carbocycles. The number of nitrogens with zero attached hydrogens (tertiary/aromatic N) is 4. The summed E-state index contributed by atoms with van der Waals surface area (Å²) < 4.78 is 9.98. The molecule has 0 saturated heterocycles. The summed E-state index contributed by atoms with van der Waals surface area (Å²) in [5, 5.41) is 12.7. The number of carbonyl (C=O) groups excluding carboxylic acids is 1. The summed E-state index contributed by atoms with van der Waals surface area (Å²) in [5.41, 5.74) is 0.575. The normalized spacial score (nSPS) is 10.5. The molecule has 128 valence electrons. The van der Waals surface area contributed by atoms with Crippen LogP contribution < -0.4 is 0 Å². The van der Waals surface area contributed by atoms with Gasteiger partial charge in [-0.2, -0.15) is 4.98 Å². The second-order valence-corrected chi connectivity index (χ2v) is 4.93. The number of rotatable bonds is 9. The van der Waals surface area contributed by atoms with Crippen molar-refractivity contribution in [2.24, 2.45) is 0 Å². The molecule has 2 heterocycles. The van der Waals surface area contributed by atoms with Crippen LogP contribution in [0, 0.1) is 0 Å². The summed E-state index contributed by atoms with van der Waals surface area (Å²) in [5.74, 6) is -0.743. The minimum absolute atomic E-state index is 0.0703. The van der Waals surface area contributed by atoms with E-state index in [1.165, 1.54) is 12.0 Å². The first-order chi connectivity index (χ1) is 11.6. The molecule has 9 nitrogen and oxygen atoms in total. The monoisotopic (exact) mass is 334 g/mol. The number of hydrogen-bond donors (Lipinski definition) is 1. The van der Waals surface area contributed by atoms with Crippen LogP contribution in [0.15, 0.2) is 28.9 Å². The maximum atomic E-state index is 12.1. The highest BCUT2D eigenvalue weighted by Gasteiger charge is 2.18. The molecule has 1 N–H and O–H groups in total. The van der Waals surface area contributed by atoms with Gasteiger partial charge in [-0.1, -0.05) is 11.2 Å². The predicted octanol–water partition coefficient (Wildman–Crippen LogP) is 0.624. The van der Waals surface area contributed by atoms with E-state index < -0.39 is 5.97 Å². The van der Waals surface area contributed by atoms with Gasteiger partial charge in [-0.25, -0.2) is 0 Å². The van der Waals surface area contributed by atoms with Gasteiger partial charge in [0, 0.05) is 32.7 Å². The first kappa shape index (κ1) is 17.5. The number of aromatic nitrogens is 3. The van der Waals surface area contributed by atoms with Crippen molar-refractivity contribution in [1.29, 1.82) is 0 Å². The van der Waals surface area contributed by atoms with Crippen molar-refractivity contribution in [3.63, 3.8) is 0 Å². The van der Waals surface area contributed by atoms with Gasteiger partial charge in [0.1, 0.15) is 12.2 Å². The number of aliphatic carboxylic acids is 1. The number of pyridine rings is 1. The van der Waals surface area contributed by atoms with Crippen LogP contribution in [0.3, 0.4) is 0 Å². The number of methoxy groups -OCH3 is 1. The highest BCUT2D eigenvalue weighted by molar-refractivity contribution is 5.81. The van der Waals surface area contributed by atoms with Gasteiger partial charge in [0.25, 0.3) is 0 Å². The lowest BCUT2D eigenvalue weighted by atomic mass is 10.2. The Bertz CT molecular complexity index is 674. The van der Waals surface area contributed by atoms with Gasteiger partial charge in [0.05, 0.1) is 6.61 Å². The van der Waals surface area contributed by atoms with Crippen LogP contribution in [0.4, 0.5) is 0 Å². The number of amides is 1. The molecule has 0 aliphatic carbocycles. The van der Waals surface area contributed by atoms with Gasteiger partial charge >= 0.3 is 5.97 Å². The van der Waals surface area contributed by atoms with Crippen LogP contribution in [-0.2, 0) is 20.7 Å². The fourth-order valence-electron chi connectivity index (χ4n) is 1.98. The van der Waals surface area contributed by atoms with Gasteiger partial charge in [0.2, 0.25) is 17.6 Å². The first-order valence-corrected chi connectivity index (χ1v) is 7.32. The van der Waals surface area contributed by atoms with E-state index in [1.54, 1.807) is 18.3 Å². The van der Waals surface area contributed by atoms with E-state index in [-0.39, 0.29) is 38.4 Å². The van der Waals surface area contributed by atoms with Crippen molar-refractivity contribution in [2.75, 3.05) is 26.8 Å². The molecule has 2 rings (SSSR count). The van der Waals surface area contributed by atoms with E-state index in [2.05, 4.69) is 15.1 Å². The van der Waals surface area contributed by atoms with E-state index in [0.29, 0.717) is 17.4 Å². The van der Waals surface area contributed by atoms with Crippen LogP contribution in [0.5, 0.6) is 0 Å². The van der Waals surface area contributed by atoms with Crippen LogP contribution in [0.2, 0.25) is 0 Å². The Kier molecular flexibility index (Phi) is 6.38. The summed E-state index contributed by atoms with van der Waals surface area (Å²) >= 11 is 0. The zero-order valence-electron chi connectivity index (χ0n) is 13.2. The molecule has 2 aromatic heterocycles. The maximum Gasteiger partial charge on any atom is 0.323 e. The summed E-state index contributed by atoms with van der Waals surface area (Å²) in [6.45, 7) is 0.110. The van der Waals surface area contributed by atoms with Crippen LogP contribution in [0.25, 0.3) is 11.5 Å². The third-order valence-electron chi connectivity index (χ3n) is 3.16. The second kappa shape index (κ2) is 8.73. The van der Waals surface area contributed by atoms with Crippen molar-refractivity contribution in [3.8, 4) is 11.5 Å². The third-order valence-corrected chi connectivity index (χ3v) is 3.16. The molecule has 0 aromatic carbocycles. The Labute approximate surface area is 138 Å². The molecule has 0 spiro atoms. The van der Waals surface area contributed by atoms with Crippen molar-refractivity contribution >= 4 is 11.9 Å². The summed E-state index contributed by atoms with van der Waals surface area (Å²) in [6.07, 6.45) is 1.91. The topological polar surface area (TPSA) is 119 Å². The first-order valence-electron chi connectivity index (χ1n) is 7.32. The molecule has 9 heteroatoms. The SMILES string of the molecule is COCCN(CC(=O)O)C(=O)CCc1nc(-c2ccccn2)no1. The smallest absolute Gasteiger partial charge is 0.323 e. The quantitative estimate of drug-likeness (QED) is 0.709. The Hall–Kier alpha value is -2.81. The molecular weight excluding hydrogens is 316 g/mol. The molecule has 0 aliphatic heterocycles. The van der Waals surface area contributed by atoms with E-state index in [0.717, 1.165) is 0 Å². The number of aryl methyl sites for hydroxylation is 1. The number of ether oxygens (including phenoxy) is 1. The average Bonchev–Trinajstić information content (AvgIpc) is 3.06. The van der Waals surface area contributed by atoms with Crippen molar-refractivity contribution < 1.29 is 24.0 Å². The molecular formula is C15H18N4O5. The molecule has 2 aromatic rings. The standard InChI is InChI=1S/C15H18N4O5/c1-23-9-8-19(10-14(21)22)13(20)6-5-12-17-15(18-24-12)11-4-2-3-7-16-11/h2-4,7H,5-6,8-10H2,1H3,(H,21,22). The van der Waals surface area contributed by atoms with Gasteiger partial charge < -0.3 is 19.3 Å². The Morgan fingerprint density at radius 2 is 2.21 bits per heavy atom. The number of carboxylic acid groups (broad SMARTS) is 1. The molecule has 1 amide bonds. The van der Waals surface area contributed by atoms with Gasteiger partial charge in [-0.3, -0.25) is 14.6 Å². The van der Waals surface area contributed by atoms with Gasteiger partial charge in [0.15, 0.2) is 0 Å². The van der Waals surface area contributed by atoms with Crippen LogP contribution >= 0.6 is 0 Å². The Morgan fingerprint density at radius 1 is 1.38 bits per heavy atom. The average molecular weight is 334 g/mol. The predicted molar refractivity (Wildman–Crippen MR) is 81.9 cm³/mol. The van der Waals surface area contributed by atoms with E-state index in [1.807, 2.05) is 6.07 Å². The van der Waals surface area contributed by atoms with Crippen molar-refractivity contribution in [1.82, 2.24) is 20.0 Å². The summed E-state index contributed by atoms with van der Waals surface area (Å²) in [7, 11) is 1.49. The van der Waals surface area contributed by atoms with Crippen LogP contribution in [-0.4, -0.2) is 63.8 Å². The highest BCUT2D eigenvalue weighted by Crippen LogP contribution is 2.13. The molecule has 24 heavy (non-hydrogen) atoms. The van der Waals surface area contributed by atoms with E-state index >= 15 is 0 Å². The summed E-state index contributed by atoms with van der Waals surface area (Å²) in [4.78, 5) is 32.5. The van der Waals surface area contributed by atoms with E-state index in [4.69, 9.17) is 14.4 Å². The lowest BCUT2D eigenvalue weighted by molar-refractivity contribution is -0.144. The maximum absolute atomic E-state index is 12.1. The van der Waals surface area contributed by atoms with Crippen molar-refractivity contribution in [2.45, 2.75) is 12.8 Å². The molecule has 0 atom stereocenters. The lowest BCUT2D eigenvalue weighted by Crippen LogP contribution is -2.38. The number of carboxylic acids is 1.